The summed E-state index contributed by atoms with van der Waals surface area (Å²) < 4.78 is 44.7. The Labute approximate surface area is 181 Å². The molecule has 0 saturated carbocycles. The Morgan fingerprint density at radius 3 is 2.66 bits per heavy atom. The Balaban J connectivity index is 1.38. The molecule has 8 nitrogen and oxygen atoms in total. The number of alkyl halides is 3. The van der Waals surface area contributed by atoms with Crippen molar-refractivity contribution in [3.63, 3.8) is 0 Å². The van der Waals surface area contributed by atoms with Gasteiger partial charge in [0.2, 0.25) is 0 Å². The number of H-pyrrole nitrogens is 1. The molecule has 3 aromatic heterocycles. The first-order valence-electron chi connectivity index (χ1n) is 10.5. The molecule has 0 aliphatic carbocycles. The van der Waals surface area contributed by atoms with Gasteiger partial charge in [-0.15, -0.1) is 0 Å². The van der Waals surface area contributed by atoms with Crippen molar-refractivity contribution in [2.75, 3.05) is 37.7 Å². The van der Waals surface area contributed by atoms with Crippen LogP contribution in [0, 0.1) is 0 Å². The molecule has 11 heteroatoms. The van der Waals surface area contributed by atoms with Crippen LogP contribution in [-0.4, -0.2) is 69.6 Å². The van der Waals surface area contributed by atoms with Gasteiger partial charge in [0.15, 0.2) is 17.6 Å². The van der Waals surface area contributed by atoms with Crippen LogP contribution in [0.5, 0.6) is 0 Å². The molecule has 2 fully saturated rings. The summed E-state index contributed by atoms with van der Waals surface area (Å²) in [7, 11) is 0. The molecule has 0 aromatic carbocycles. The number of amides is 1. The number of aromatic amines is 1. The van der Waals surface area contributed by atoms with Crippen molar-refractivity contribution in [1.82, 2.24) is 24.8 Å². The maximum Gasteiger partial charge on any atom is 0.433 e. The Bertz CT molecular complexity index is 1140. The second-order valence-corrected chi connectivity index (χ2v) is 7.87. The number of hydrogen-bond acceptors (Lipinski definition) is 6. The monoisotopic (exact) mass is 446 g/mol. The Kier molecular flexibility index (Phi) is 5.20. The number of imidazole rings is 1. The van der Waals surface area contributed by atoms with E-state index in [2.05, 4.69) is 19.9 Å². The van der Waals surface area contributed by atoms with E-state index in [-0.39, 0.29) is 17.4 Å². The Morgan fingerprint density at radius 2 is 1.88 bits per heavy atom. The minimum Gasteiger partial charge on any atom is -0.365 e. The molecular formula is C21H21F3N6O2. The number of hydrogen-bond donors (Lipinski definition) is 1. The summed E-state index contributed by atoms with van der Waals surface area (Å²) in [5.41, 5.74) is 0.0553. The molecule has 5 rings (SSSR count). The van der Waals surface area contributed by atoms with Gasteiger partial charge in [0.25, 0.3) is 5.91 Å². The molecule has 32 heavy (non-hydrogen) atoms. The van der Waals surface area contributed by atoms with Gasteiger partial charge in [-0.05, 0) is 37.1 Å². The summed E-state index contributed by atoms with van der Waals surface area (Å²) in [6, 6.07) is 7.24. The SMILES string of the molecule is O=C([C@H]1CN(c2ccc3[nH]c(-c4cccc(C(F)(F)F)n4)nc3n2)CCO1)N1CCCC1. The number of nitrogens with zero attached hydrogens (tertiary/aromatic N) is 5. The van der Waals surface area contributed by atoms with E-state index < -0.39 is 18.0 Å². The molecule has 2 aliphatic heterocycles. The van der Waals surface area contributed by atoms with Gasteiger partial charge >= 0.3 is 6.18 Å². The molecule has 1 atom stereocenters. The first kappa shape index (κ1) is 20.7. The number of ether oxygens (including phenoxy) is 1. The highest BCUT2D eigenvalue weighted by Crippen LogP contribution is 2.29. The van der Waals surface area contributed by atoms with E-state index in [4.69, 9.17) is 4.74 Å². The lowest BCUT2D eigenvalue weighted by molar-refractivity contribution is -0.143. The van der Waals surface area contributed by atoms with Crippen LogP contribution < -0.4 is 4.90 Å². The lowest BCUT2D eigenvalue weighted by atomic mass is 10.2. The third-order valence-electron chi connectivity index (χ3n) is 5.70. The lowest BCUT2D eigenvalue weighted by Crippen LogP contribution is -2.50. The van der Waals surface area contributed by atoms with Crippen LogP contribution >= 0.6 is 0 Å². The number of pyridine rings is 2. The summed E-state index contributed by atoms with van der Waals surface area (Å²) in [4.78, 5) is 32.1. The normalized spacial score (nSPS) is 19.7. The van der Waals surface area contributed by atoms with E-state index in [1.807, 2.05) is 9.80 Å². The molecule has 2 saturated heterocycles. The zero-order chi connectivity index (χ0) is 22.3. The predicted molar refractivity (Wildman–Crippen MR) is 110 cm³/mol. The van der Waals surface area contributed by atoms with Gasteiger partial charge in [-0.3, -0.25) is 4.79 Å². The van der Waals surface area contributed by atoms with Crippen LogP contribution in [0.1, 0.15) is 18.5 Å². The smallest absolute Gasteiger partial charge is 0.365 e. The quantitative estimate of drug-likeness (QED) is 0.666. The summed E-state index contributed by atoms with van der Waals surface area (Å²) >= 11 is 0. The van der Waals surface area contributed by atoms with Crippen LogP contribution in [0.2, 0.25) is 0 Å². The summed E-state index contributed by atoms with van der Waals surface area (Å²) in [5, 5.41) is 0. The summed E-state index contributed by atoms with van der Waals surface area (Å²) in [6.07, 6.45) is -3.04. The van der Waals surface area contributed by atoms with Crippen molar-refractivity contribution in [3.8, 4) is 11.5 Å². The third kappa shape index (κ3) is 3.99. The number of morpholine rings is 1. The van der Waals surface area contributed by atoms with Crippen LogP contribution in [0.3, 0.4) is 0 Å². The predicted octanol–water partition coefficient (Wildman–Crippen LogP) is 2.87. The molecule has 0 spiro atoms. The van der Waals surface area contributed by atoms with Gasteiger partial charge in [-0.1, -0.05) is 6.07 Å². The standard InChI is InChI=1S/C21H21F3N6O2/c22-21(23,24)16-5-3-4-13(25-16)18-26-14-6-7-17(27-19(14)28-18)30-10-11-32-15(12-30)20(31)29-8-1-2-9-29/h3-7,15H,1-2,8-12H2,(H,26,27,28)/t15-/m1/s1. The largest absolute Gasteiger partial charge is 0.433 e. The third-order valence-corrected chi connectivity index (χ3v) is 5.70. The number of aromatic nitrogens is 4. The van der Waals surface area contributed by atoms with Crippen LogP contribution in [0.4, 0.5) is 19.0 Å². The molecule has 3 aromatic rings. The van der Waals surface area contributed by atoms with Gasteiger partial charge in [0, 0.05) is 19.6 Å². The molecule has 0 radical (unpaired) electrons. The van der Waals surface area contributed by atoms with Crippen LogP contribution in [0.25, 0.3) is 22.7 Å². The molecule has 0 bridgehead atoms. The fourth-order valence-electron chi connectivity index (χ4n) is 4.05. The van der Waals surface area contributed by atoms with Crippen molar-refractivity contribution in [1.29, 1.82) is 0 Å². The highest BCUT2D eigenvalue weighted by molar-refractivity contribution is 5.82. The Morgan fingerprint density at radius 1 is 1.06 bits per heavy atom. The van der Waals surface area contributed by atoms with E-state index in [0.717, 1.165) is 32.0 Å². The maximum absolute atomic E-state index is 13.0. The summed E-state index contributed by atoms with van der Waals surface area (Å²) in [5.74, 6) is 0.848. The molecule has 2 aliphatic rings. The van der Waals surface area contributed by atoms with Gasteiger partial charge in [0.1, 0.15) is 17.2 Å². The average Bonchev–Trinajstić information content (AvgIpc) is 3.48. The van der Waals surface area contributed by atoms with E-state index in [9.17, 15) is 18.0 Å². The fourth-order valence-corrected chi connectivity index (χ4v) is 4.05. The number of nitrogens with one attached hydrogen (secondary N) is 1. The summed E-state index contributed by atoms with van der Waals surface area (Å²) in [6.45, 7) is 2.91. The molecule has 1 amide bonds. The first-order valence-corrected chi connectivity index (χ1v) is 10.5. The number of anilines is 1. The highest BCUT2D eigenvalue weighted by Gasteiger charge is 2.33. The minimum atomic E-state index is -4.53. The molecule has 0 unspecified atom stereocenters. The minimum absolute atomic E-state index is 0.00551. The number of halogens is 3. The van der Waals surface area contributed by atoms with Gasteiger partial charge in [-0.2, -0.15) is 13.2 Å². The van der Waals surface area contributed by atoms with Crippen molar-refractivity contribution in [2.24, 2.45) is 0 Å². The topological polar surface area (TPSA) is 87.2 Å². The van der Waals surface area contributed by atoms with E-state index in [1.54, 1.807) is 12.1 Å². The Hall–Kier alpha value is -3.21. The lowest BCUT2D eigenvalue weighted by Gasteiger charge is -2.34. The van der Waals surface area contributed by atoms with E-state index in [1.165, 1.54) is 12.1 Å². The van der Waals surface area contributed by atoms with Gasteiger partial charge in [-0.25, -0.2) is 15.0 Å². The zero-order valence-corrected chi connectivity index (χ0v) is 17.1. The van der Waals surface area contributed by atoms with Crippen molar-refractivity contribution >= 4 is 22.9 Å². The number of rotatable bonds is 3. The molecule has 168 valence electrons. The zero-order valence-electron chi connectivity index (χ0n) is 17.1. The second kappa shape index (κ2) is 8.05. The average molecular weight is 446 g/mol. The molecule has 5 heterocycles. The molecule has 1 N–H and O–H groups in total. The van der Waals surface area contributed by atoms with E-state index in [0.29, 0.717) is 36.7 Å². The van der Waals surface area contributed by atoms with Gasteiger partial charge < -0.3 is 19.5 Å². The van der Waals surface area contributed by atoms with Gasteiger partial charge in [0.05, 0.1) is 18.7 Å². The van der Waals surface area contributed by atoms with Crippen molar-refractivity contribution in [2.45, 2.75) is 25.1 Å². The van der Waals surface area contributed by atoms with Crippen molar-refractivity contribution in [3.05, 3.63) is 36.0 Å². The maximum atomic E-state index is 13.0. The van der Waals surface area contributed by atoms with E-state index >= 15 is 0 Å². The number of fused-ring (bicyclic) bond motifs is 1. The van der Waals surface area contributed by atoms with Crippen molar-refractivity contribution < 1.29 is 22.7 Å². The van der Waals surface area contributed by atoms with Crippen LogP contribution in [-0.2, 0) is 15.7 Å². The first-order chi connectivity index (χ1) is 15.4. The second-order valence-electron chi connectivity index (χ2n) is 7.87. The fraction of sp³-hybridized carbons (Fsp3) is 0.429. The van der Waals surface area contributed by atoms with Crippen LogP contribution in [0.15, 0.2) is 30.3 Å². The highest BCUT2D eigenvalue weighted by atomic mass is 19.4. The number of carbonyl (C=O) groups is 1. The molecular weight excluding hydrogens is 425 g/mol. The number of carbonyl (C=O) groups excluding carboxylic acids is 1. The number of likely N-dealkylation sites (tertiary alicyclic amines) is 1.